The van der Waals surface area contributed by atoms with Gasteiger partial charge in [-0.2, -0.15) is 5.26 Å². The Morgan fingerprint density at radius 2 is 1.78 bits per heavy atom. The standard InChI is InChI=1S/C25H28N4O3/c1-4-32-25(31)20-8-10-22(11-9-20)27-24(30)21(16-26)17-28-12-14-29(15-13-28)23-7-5-6-18(2)19(23)3/h5-11,17H,4,12-15H2,1-3H3,(H,27,30)/b21-17-. The van der Waals surface area contributed by atoms with E-state index < -0.39 is 11.9 Å². The van der Waals surface area contributed by atoms with Crippen LogP contribution in [0.4, 0.5) is 11.4 Å². The molecular weight excluding hydrogens is 404 g/mol. The van der Waals surface area contributed by atoms with Gasteiger partial charge < -0.3 is 19.9 Å². The van der Waals surface area contributed by atoms with Crippen molar-refractivity contribution in [3.05, 3.63) is 70.9 Å². The van der Waals surface area contributed by atoms with Gasteiger partial charge in [-0.05, 0) is 62.2 Å². The molecule has 2 aromatic carbocycles. The molecule has 1 heterocycles. The molecule has 2 aromatic rings. The molecule has 1 amide bonds. The summed E-state index contributed by atoms with van der Waals surface area (Å²) >= 11 is 0. The summed E-state index contributed by atoms with van der Waals surface area (Å²) in [6, 6.07) is 14.7. The highest BCUT2D eigenvalue weighted by Gasteiger charge is 2.19. The second-order valence-electron chi connectivity index (χ2n) is 7.65. The van der Waals surface area contributed by atoms with Crippen molar-refractivity contribution in [3.63, 3.8) is 0 Å². The molecule has 7 nitrogen and oxygen atoms in total. The van der Waals surface area contributed by atoms with E-state index in [4.69, 9.17) is 4.74 Å². The van der Waals surface area contributed by atoms with Crippen LogP contribution in [0.15, 0.2) is 54.2 Å². The fourth-order valence-electron chi connectivity index (χ4n) is 3.59. The number of esters is 1. The summed E-state index contributed by atoms with van der Waals surface area (Å²) in [4.78, 5) is 28.6. The van der Waals surface area contributed by atoms with E-state index in [9.17, 15) is 14.9 Å². The van der Waals surface area contributed by atoms with E-state index in [1.807, 2.05) is 11.0 Å². The number of nitrogens with zero attached hydrogens (tertiary/aromatic N) is 3. The lowest BCUT2D eigenvalue weighted by atomic mass is 10.1. The Morgan fingerprint density at radius 1 is 1.09 bits per heavy atom. The maximum atomic E-state index is 12.6. The zero-order valence-electron chi connectivity index (χ0n) is 18.7. The highest BCUT2D eigenvalue weighted by molar-refractivity contribution is 6.06. The lowest BCUT2D eigenvalue weighted by Gasteiger charge is -2.36. The van der Waals surface area contributed by atoms with Crippen LogP contribution in [-0.4, -0.2) is 49.6 Å². The molecule has 0 spiro atoms. The predicted octanol–water partition coefficient (Wildman–Crippen LogP) is 3.65. The first-order valence-electron chi connectivity index (χ1n) is 10.7. The second kappa shape index (κ2) is 10.5. The van der Waals surface area contributed by atoms with Gasteiger partial charge in [0.15, 0.2) is 0 Å². The maximum Gasteiger partial charge on any atom is 0.338 e. The molecule has 0 aromatic heterocycles. The Balaban J connectivity index is 1.60. The molecule has 0 saturated carbocycles. The SMILES string of the molecule is CCOC(=O)c1ccc(NC(=O)/C(C#N)=C\N2CCN(c3cccc(C)c3C)CC2)cc1. The van der Waals surface area contributed by atoms with E-state index in [-0.39, 0.29) is 5.57 Å². The number of amides is 1. The maximum absolute atomic E-state index is 12.6. The molecule has 1 saturated heterocycles. The van der Waals surface area contributed by atoms with Crippen molar-refractivity contribution in [2.75, 3.05) is 43.0 Å². The van der Waals surface area contributed by atoms with Gasteiger partial charge in [-0.3, -0.25) is 4.79 Å². The monoisotopic (exact) mass is 432 g/mol. The number of carbonyl (C=O) groups is 2. The minimum atomic E-state index is -0.478. The van der Waals surface area contributed by atoms with Crippen molar-refractivity contribution >= 4 is 23.3 Å². The molecule has 0 bridgehead atoms. The lowest BCUT2D eigenvalue weighted by Crippen LogP contribution is -2.44. The van der Waals surface area contributed by atoms with Crippen LogP contribution in [0, 0.1) is 25.2 Å². The number of nitrogens with one attached hydrogen (secondary N) is 1. The van der Waals surface area contributed by atoms with Crippen LogP contribution in [0.3, 0.4) is 0 Å². The number of carbonyl (C=O) groups excluding carboxylic acids is 2. The first-order valence-corrected chi connectivity index (χ1v) is 10.7. The largest absolute Gasteiger partial charge is 0.462 e. The molecule has 1 fully saturated rings. The first kappa shape index (κ1) is 22.9. The number of rotatable bonds is 6. The number of anilines is 2. The Morgan fingerprint density at radius 3 is 2.41 bits per heavy atom. The lowest BCUT2D eigenvalue weighted by molar-refractivity contribution is -0.112. The summed E-state index contributed by atoms with van der Waals surface area (Å²) in [7, 11) is 0. The van der Waals surface area contributed by atoms with E-state index in [2.05, 4.69) is 42.3 Å². The van der Waals surface area contributed by atoms with Crippen LogP contribution in [0.25, 0.3) is 0 Å². The fourth-order valence-corrected chi connectivity index (χ4v) is 3.59. The molecule has 166 valence electrons. The average Bonchev–Trinajstić information content (AvgIpc) is 2.80. The zero-order chi connectivity index (χ0) is 23.1. The molecule has 32 heavy (non-hydrogen) atoms. The van der Waals surface area contributed by atoms with Gasteiger partial charge in [-0.1, -0.05) is 12.1 Å². The Kier molecular flexibility index (Phi) is 7.50. The summed E-state index contributed by atoms with van der Waals surface area (Å²) < 4.78 is 4.95. The van der Waals surface area contributed by atoms with Crippen LogP contribution >= 0.6 is 0 Å². The number of hydrogen-bond acceptors (Lipinski definition) is 6. The fraction of sp³-hybridized carbons (Fsp3) is 0.320. The second-order valence-corrected chi connectivity index (χ2v) is 7.65. The molecule has 7 heteroatoms. The molecule has 1 aliphatic rings. The molecule has 0 unspecified atom stereocenters. The summed E-state index contributed by atoms with van der Waals surface area (Å²) in [5.41, 5.74) is 4.73. The van der Waals surface area contributed by atoms with E-state index in [1.54, 1.807) is 37.4 Å². The highest BCUT2D eigenvalue weighted by Crippen LogP contribution is 2.24. The first-order chi connectivity index (χ1) is 15.4. The summed E-state index contributed by atoms with van der Waals surface area (Å²) in [5, 5.41) is 12.2. The quantitative estimate of drug-likeness (QED) is 0.426. The smallest absolute Gasteiger partial charge is 0.338 e. The van der Waals surface area contributed by atoms with Gasteiger partial charge >= 0.3 is 5.97 Å². The average molecular weight is 433 g/mol. The van der Waals surface area contributed by atoms with Gasteiger partial charge in [0.05, 0.1) is 12.2 Å². The minimum Gasteiger partial charge on any atom is -0.462 e. The third-order valence-corrected chi connectivity index (χ3v) is 5.56. The van der Waals surface area contributed by atoms with Gasteiger partial charge in [-0.15, -0.1) is 0 Å². The Hall–Kier alpha value is -3.79. The zero-order valence-corrected chi connectivity index (χ0v) is 18.7. The van der Waals surface area contributed by atoms with E-state index in [1.165, 1.54) is 16.8 Å². The Labute approximate surface area is 188 Å². The third kappa shape index (κ3) is 5.46. The molecule has 0 atom stereocenters. The number of hydrogen-bond donors (Lipinski definition) is 1. The summed E-state index contributed by atoms with van der Waals surface area (Å²) in [6.07, 6.45) is 1.63. The molecular formula is C25H28N4O3. The number of ether oxygens (including phenoxy) is 1. The van der Waals surface area contributed by atoms with Crippen molar-refractivity contribution in [3.8, 4) is 6.07 Å². The van der Waals surface area contributed by atoms with Gasteiger partial charge in [-0.25, -0.2) is 4.79 Å². The molecule has 3 rings (SSSR count). The molecule has 1 N–H and O–H groups in total. The summed E-state index contributed by atoms with van der Waals surface area (Å²) in [6.45, 7) is 9.36. The van der Waals surface area contributed by atoms with Crippen LogP contribution < -0.4 is 10.2 Å². The number of nitriles is 1. The van der Waals surface area contributed by atoms with Crippen molar-refractivity contribution in [2.45, 2.75) is 20.8 Å². The third-order valence-electron chi connectivity index (χ3n) is 5.56. The summed E-state index contributed by atoms with van der Waals surface area (Å²) in [5.74, 6) is -0.892. The van der Waals surface area contributed by atoms with Crippen LogP contribution in [0.5, 0.6) is 0 Å². The van der Waals surface area contributed by atoms with Gasteiger partial charge in [0, 0.05) is 43.8 Å². The van der Waals surface area contributed by atoms with Gasteiger partial charge in [0.2, 0.25) is 0 Å². The van der Waals surface area contributed by atoms with Crippen LogP contribution in [0.1, 0.15) is 28.4 Å². The van der Waals surface area contributed by atoms with E-state index >= 15 is 0 Å². The van der Waals surface area contributed by atoms with Crippen LogP contribution in [0.2, 0.25) is 0 Å². The molecule has 0 radical (unpaired) electrons. The van der Waals surface area contributed by atoms with Gasteiger partial charge in [0.25, 0.3) is 5.91 Å². The van der Waals surface area contributed by atoms with E-state index in [0.29, 0.717) is 17.9 Å². The van der Waals surface area contributed by atoms with Crippen molar-refractivity contribution < 1.29 is 14.3 Å². The predicted molar refractivity (Wildman–Crippen MR) is 124 cm³/mol. The highest BCUT2D eigenvalue weighted by atomic mass is 16.5. The van der Waals surface area contributed by atoms with E-state index in [0.717, 1.165) is 26.2 Å². The minimum absolute atomic E-state index is 0.0413. The van der Waals surface area contributed by atoms with Crippen molar-refractivity contribution in [1.82, 2.24) is 4.90 Å². The topological polar surface area (TPSA) is 85.7 Å². The number of benzene rings is 2. The molecule has 0 aliphatic carbocycles. The van der Waals surface area contributed by atoms with Crippen molar-refractivity contribution in [1.29, 1.82) is 5.26 Å². The molecule has 1 aliphatic heterocycles. The normalized spacial score (nSPS) is 14.0. The van der Waals surface area contributed by atoms with Crippen LogP contribution in [-0.2, 0) is 9.53 Å². The Bertz CT molecular complexity index is 1050. The number of piperazine rings is 1. The van der Waals surface area contributed by atoms with Crippen molar-refractivity contribution in [2.24, 2.45) is 0 Å². The number of aryl methyl sites for hydroxylation is 1. The van der Waals surface area contributed by atoms with Gasteiger partial charge in [0.1, 0.15) is 11.6 Å².